The molecule has 110 valence electrons. The van der Waals surface area contributed by atoms with Crippen LogP contribution in [0.15, 0.2) is 0 Å². The van der Waals surface area contributed by atoms with Gasteiger partial charge in [0, 0.05) is 19.9 Å². The van der Waals surface area contributed by atoms with Gasteiger partial charge in [0.25, 0.3) is 8.05 Å². The number of hydrogen-bond acceptors (Lipinski definition) is 3. The molecule has 2 radical (unpaired) electrons. The van der Waals surface area contributed by atoms with E-state index >= 15 is 0 Å². The number of nitrogens with zero attached hydrogens (tertiary/aromatic N) is 1. The van der Waals surface area contributed by atoms with Gasteiger partial charge in [-0.05, 0) is 60.9 Å². The Morgan fingerprint density at radius 2 is 1.74 bits per heavy atom. The standard InChI is InChI=1S/C14H29BNO2P/c1-8-14(6,19-18-15)17-11-9-12(2,3)16(7)13(4,5)10-11/h11,19H,8-10H2,1-7H3. The molecule has 1 fully saturated rings. The van der Waals surface area contributed by atoms with Gasteiger partial charge in [0.05, 0.1) is 6.10 Å². The molecule has 1 aliphatic heterocycles. The summed E-state index contributed by atoms with van der Waals surface area (Å²) >= 11 is 0. The predicted octanol–water partition coefficient (Wildman–Crippen LogP) is 3.47. The molecular formula is C14H29BNO2P. The highest BCUT2D eigenvalue weighted by atomic mass is 31.1. The highest BCUT2D eigenvalue weighted by molar-refractivity contribution is 7.35. The van der Waals surface area contributed by atoms with E-state index < -0.39 is 0 Å². The van der Waals surface area contributed by atoms with Gasteiger partial charge in [-0.3, -0.25) is 4.90 Å². The largest absolute Gasteiger partial charge is 0.428 e. The lowest BCUT2D eigenvalue weighted by molar-refractivity contribution is -0.123. The molecule has 0 N–H and O–H groups in total. The van der Waals surface area contributed by atoms with Crippen molar-refractivity contribution in [1.82, 2.24) is 4.90 Å². The van der Waals surface area contributed by atoms with E-state index in [1.807, 2.05) is 0 Å². The van der Waals surface area contributed by atoms with Gasteiger partial charge in [0.1, 0.15) is 5.34 Å². The van der Waals surface area contributed by atoms with Crippen molar-refractivity contribution in [1.29, 1.82) is 0 Å². The lowest BCUT2D eigenvalue weighted by Gasteiger charge is -2.54. The van der Waals surface area contributed by atoms with Crippen LogP contribution in [-0.2, 0) is 9.18 Å². The van der Waals surface area contributed by atoms with Crippen LogP contribution in [0.3, 0.4) is 0 Å². The molecular weight excluding hydrogens is 256 g/mol. The minimum absolute atomic E-state index is 0.147. The van der Waals surface area contributed by atoms with Crippen molar-refractivity contribution in [2.24, 2.45) is 0 Å². The second-order valence-corrected chi connectivity index (χ2v) is 8.63. The summed E-state index contributed by atoms with van der Waals surface area (Å²) in [5, 5.41) is -0.262. The summed E-state index contributed by atoms with van der Waals surface area (Å²) in [7, 11) is 7.64. The number of rotatable bonds is 5. The zero-order valence-electron chi connectivity index (χ0n) is 13.5. The van der Waals surface area contributed by atoms with E-state index in [-0.39, 0.29) is 31.3 Å². The maximum absolute atomic E-state index is 6.37. The molecule has 0 bridgehead atoms. The Kier molecular flexibility index (Phi) is 5.51. The molecule has 0 spiro atoms. The van der Waals surface area contributed by atoms with E-state index in [1.165, 1.54) is 0 Å². The summed E-state index contributed by atoms with van der Waals surface area (Å²) in [6.45, 7) is 13.4. The summed E-state index contributed by atoms with van der Waals surface area (Å²) in [6, 6.07) is 0. The van der Waals surface area contributed by atoms with Crippen LogP contribution in [0.5, 0.6) is 0 Å². The summed E-state index contributed by atoms with van der Waals surface area (Å²) < 4.78 is 11.2. The fourth-order valence-corrected chi connectivity index (χ4v) is 3.64. The molecule has 1 rings (SSSR count). The van der Waals surface area contributed by atoms with Crippen LogP contribution in [0, 0.1) is 0 Å². The van der Waals surface area contributed by atoms with Crippen LogP contribution in [0.25, 0.3) is 0 Å². The topological polar surface area (TPSA) is 21.7 Å². The molecule has 5 heteroatoms. The Hall–Kier alpha value is 0.375. The minimum Gasteiger partial charge on any atom is -0.428 e. The predicted molar refractivity (Wildman–Crippen MR) is 83.9 cm³/mol. The second-order valence-electron chi connectivity index (χ2n) is 7.14. The molecule has 0 saturated carbocycles. The van der Waals surface area contributed by atoms with Crippen molar-refractivity contribution in [3.05, 3.63) is 0 Å². The lowest BCUT2D eigenvalue weighted by Crippen LogP contribution is -2.60. The summed E-state index contributed by atoms with van der Waals surface area (Å²) in [6.07, 6.45) is 3.25. The Morgan fingerprint density at radius 3 is 2.11 bits per heavy atom. The van der Waals surface area contributed by atoms with E-state index in [0.717, 1.165) is 19.3 Å². The molecule has 19 heavy (non-hydrogen) atoms. The highest BCUT2D eigenvalue weighted by Crippen LogP contribution is 2.43. The third-order valence-corrected chi connectivity index (χ3v) is 5.67. The Labute approximate surface area is 122 Å². The number of hydrogen-bond donors (Lipinski definition) is 0. The average Bonchev–Trinajstić information content (AvgIpc) is 2.25. The minimum atomic E-state index is -0.262. The first-order valence-corrected chi connectivity index (χ1v) is 8.02. The quantitative estimate of drug-likeness (QED) is 0.570. The van der Waals surface area contributed by atoms with Gasteiger partial charge >= 0.3 is 0 Å². The van der Waals surface area contributed by atoms with Crippen LogP contribution in [0.1, 0.15) is 60.8 Å². The van der Waals surface area contributed by atoms with Crippen molar-refractivity contribution in [3.63, 3.8) is 0 Å². The Bertz CT molecular complexity index is 294. The van der Waals surface area contributed by atoms with Gasteiger partial charge < -0.3 is 9.18 Å². The SMILES string of the molecule is [B]OPC(C)(CC)OC1CC(C)(C)N(C)C(C)(C)C1. The van der Waals surface area contributed by atoms with Crippen molar-refractivity contribution in [2.45, 2.75) is 83.3 Å². The third-order valence-electron chi connectivity index (χ3n) is 4.65. The van der Waals surface area contributed by atoms with Crippen LogP contribution in [0.2, 0.25) is 0 Å². The first-order valence-electron chi connectivity index (χ1n) is 7.11. The van der Waals surface area contributed by atoms with E-state index in [2.05, 4.69) is 53.5 Å². The monoisotopic (exact) mass is 285 g/mol. The molecule has 3 nitrogen and oxygen atoms in total. The van der Waals surface area contributed by atoms with Gasteiger partial charge in [-0.2, -0.15) is 0 Å². The number of piperidine rings is 1. The molecule has 2 atom stereocenters. The van der Waals surface area contributed by atoms with Crippen molar-refractivity contribution >= 4 is 16.9 Å². The van der Waals surface area contributed by atoms with E-state index in [1.54, 1.807) is 0 Å². The van der Waals surface area contributed by atoms with Gasteiger partial charge in [0.2, 0.25) is 0 Å². The number of ether oxygens (including phenoxy) is 1. The summed E-state index contributed by atoms with van der Waals surface area (Å²) in [4.78, 5) is 2.46. The second kappa shape index (κ2) is 6.01. The maximum Gasteiger partial charge on any atom is 0.288 e. The van der Waals surface area contributed by atoms with Gasteiger partial charge in [-0.1, -0.05) is 6.92 Å². The van der Waals surface area contributed by atoms with Crippen molar-refractivity contribution in [3.8, 4) is 0 Å². The molecule has 0 aromatic carbocycles. The summed E-state index contributed by atoms with van der Waals surface area (Å²) in [5.41, 5.74) is 0.293. The van der Waals surface area contributed by atoms with E-state index in [9.17, 15) is 0 Å². The molecule has 2 unspecified atom stereocenters. The van der Waals surface area contributed by atoms with Gasteiger partial charge in [0.15, 0.2) is 0 Å². The first-order chi connectivity index (χ1) is 8.56. The Balaban J connectivity index is 2.80. The molecule has 1 heterocycles. The molecule has 0 aromatic rings. The van der Waals surface area contributed by atoms with Crippen molar-refractivity contribution < 1.29 is 9.18 Å². The highest BCUT2D eigenvalue weighted by Gasteiger charge is 2.45. The number of likely N-dealkylation sites (tertiary alicyclic amines) is 1. The normalized spacial score (nSPS) is 27.7. The molecule has 1 aliphatic rings. The van der Waals surface area contributed by atoms with E-state index in [0.29, 0.717) is 0 Å². The molecule has 1 saturated heterocycles. The first kappa shape index (κ1) is 17.4. The lowest BCUT2D eigenvalue weighted by atomic mass is 9.78. The van der Waals surface area contributed by atoms with Crippen molar-refractivity contribution in [2.75, 3.05) is 7.05 Å². The third kappa shape index (κ3) is 4.17. The average molecular weight is 285 g/mol. The van der Waals surface area contributed by atoms with Crippen LogP contribution >= 0.6 is 8.81 Å². The van der Waals surface area contributed by atoms with Crippen LogP contribution < -0.4 is 0 Å². The molecule has 0 amide bonds. The van der Waals surface area contributed by atoms with Crippen LogP contribution in [0.4, 0.5) is 0 Å². The zero-order valence-corrected chi connectivity index (χ0v) is 14.5. The zero-order chi connectivity index (χ0) is 14.9. The van der Waals surface area contributed by atoms with E-state index in [4.69, 9.17) is 17.2 Å². The molecule has 0 aromatic heterocycles. The van der Waals surface area contributed by atoms with Gasteiger partial charge in [-0.15, -0.1) is 0 Å². The molecule has 0 aliphatic carbocycles. The van der Waals surface area contributed by atoms with Gasteiger partial charge in [-0.25, -0.2) is 0 Å². The fraction of sp³-hybridized carbons (Fsp3) is 1.00. The fourth-order valence-electron chi connectivity index (χ4n) is 3.04. The maximum atomic E-state index is 6.37. The Morgan fingerprint density at radius 1 is 1.26 bits per heavy atom. The van der Waals surface area contributed by atoms with Crippen LogP contribution in [-0.4, -0.2) is 42.5 Å². The summed E-state index contributed by atoms with van der Waals surface area (Å²) in [5.74, 6) is 0. The smallest absolute Gasteiger partial charge is 0.288 e.